The normalized spacial score (nSPS) is 13.6. The maximum Gasteiger partial charge on any atom is 0.267 e. The van der Waals surface area contributed by atoms with E-state index in [4.69, 9.17) is 16.3 Å². The summed E-state index contributed by atoms with van der Waals surface area (Å²) in [4.78, 5) is 40.1. The van der Waals surface area contributed by atoms with Gasteiger partial charge in [0.1, 0.15) is 23.7 Å². The number of aromatic nitrogens is 4. The van der Waals surface area contributed by atoms with E-state index in [-0.39, 0.29) is 41.2 Å². The van der Waals surface area contributed by atoms with E-state index >= 15 is 0 Å². The van der Waals surface area contributed by atoms with Gasteiger partial charge >= 0.3 is 0 Å². The second kappa shape index (κ2) is 7.81. The van der Waals surface area contributed by atoms with E-state index in [9.17, 15) is 9.59 Å². The number of ether oxygens (including phenoxy) is 1. The van der Waals surface area contributed by atoms with E-state index in [1.807, 2.05) is 30.3 Å². The molecule has 0 bridgehead atoms. The minimum Gasteiger partial charge on any atom is -0.475 e. The van der Waals surface area contributed by atoms with Crippen molar-refractivity contribution < 1.29 is 9.53 Å². The molecule has 2 aromatic heterocycles. The number of hydrogen-bond acceptors (Lipinski definition) is 6. The van der Waals surface area contributed by atoms with Gasteiger partial charge in [-0.25, -0.2) is 15.0 Å². The summed E-state index contributed by atoms with van der Waals surface area (Å²) in [5.41, 5.74) is 2.02. The Hall–Kier alpha value is -3.78. The number of fused-ring (bicyclic) bond motifs is 2. The Labute approximate surface area is 181 Å². The fourth-order valence-corrected chi connectivity index (χ4v) is 3.77. The first-order valence-electron chi connectivity index (χ1n) is 9.60. The van der Waals surface area contributed by atoms with E-state index in [1.165, 1.54) is 17.6 Å². The first kappa shape index (κ1) is 19.2. The lowest BCUT2D eigenvalue weighted by molar-refractivity contribution is 0.0989. The molecule has 0 atom stereocenters. The number of halogens is 1. The largest absolute Gasteiger partial charge is 0.475 e. The van der Waals surface area contributed by atoms with Crippen LogP contribution in [0.4, 0.5) is 5.69 Å². The molecule has 0 radical (unpaired) electrons. The zero-order valence-electron chi connectivity index (χ0n) is 16.2. The third kappa shape index (κ3) is 3.51. The summed E-state index contributed by atoms with van der Waals surface area (Å²) >= 11 is 6.14. The highest BCUT2D eigenvalue weighted by Gasteiger charge is 2.29. The average Bonchev–Trinajstić information content (AvgIpc) is 2.96. The zero-order chi connectivity index (χ0) is 21.4. The van der Waals surface area contributed by atoms with Crippen LogP contribution < -0.4 is 15.2 Å². The van der Waals surface area contributed by atoms with Crippen LogP contribution in [-0.2, 0) is 6.54 Å². The highest BCUT2D eigenvalue weighted by atomic mass is 35.5. The molecule has 31 heavy (non-hydrogen) atoms. The van der Waals surface area contributed by atoms with Gasteiger partial charge in [0.2, 0.25) is 5.88 Å². The SMILES string of the molecule is O=C1c2c(Cl)ncnc2OCCN1c1ccc2ncn(Cc3ccccc3)c(=O)c2c1. The van der Waals surface area contributed by atoms with Gasteiger partial charge in [0.15, 0.2) is 0 Å². The summed E-state index contributed by atoms with van der Waals surface area (Å²) in [6.45, 7) is 0.911. The van der Waals surface area contributed by atoms with Crippen molar-refractivity contribution in [2.75, 3.05) is 18.1 Å². The van der Waals surface area contributed by atoms with E-state index in [2.05, 4.69) is 15.0 Å². The van der Waals surface area contributed by atoms with Crippen molar-refractivity contribution in [3.63, 3.8) is 0 Å². The molecule has 0 aliphatic carbocycles. The van der Waals surface area contributed by atoms with Gasteiger partial charge in [0, 0.05) is 5.69 Å². The number of hydrogen-bond donors (Lipinski definition) is 0. The lowest BCUT2D eigenvalue weighted by Gasteiger charge is -2.20. The number of amides is 1. The Morgan fingerprint density at radius 1 is 1.03 bits per heavy atom. The fraction of sp³-hybridized carbons (Fsp3) is 0.136. The predicted molar refractivity (Wildman–Crippen MR) is 116 cm³/mol. The topological polar surface area (TPSA) is 90.2 Å². The van der Waals surface area contributed by atoms with Crippen LogP contribution in [0.15, 0.2) is 66.0 Å². The first-order chi connectivity index (χ1) is 15.1. The number of benzene rings is 2. The van der Waals surface area contributed by atoms with Gasteiger partial charge in [0.05, 0.1) is 30.3 Å². The fourth-order valence-electron chi connectivity index (χ4n) is 3.56. The molecule has 2 aromatic carbocycles. The third-order valence-corrected chi connectivity index (χ3v) is 5.38. The van der Waals surface area contributed by atoms with Crippen molar-refractivity contribution in [3.05, 3.63) is 87.8 Å². The lowest BCUT2D eigenvalue weighted by atomic mass is 10.1. The molecule has 1 aliphatic heterocycles. The van der Waals surface area contributed by atoms with Crippen LogP contribution in [0.2, 0.25) is 5.15 Å². The van der Waals surface area contributed by atoms with Crippen molar-refractivity contribution >= 4 is 34.1 Å². The van der Waals surface area contributed by atoms with E-state index < -0.39 is 0 Å². The van der Waals surface area contributed by atoms with Crippen LogP contribution in [0.1, 0.15) is 15.9 Å². The number of carbonyl (C=O) groups excluding carboxylic acids is 1. The van der Waals surface area contributed by atoms with E-state index in [0.717, 1.165) is 5.56 Å². The lowest BCUT2D eigenvalue weighted by Crippen LogP contribution is -2.32. The maximum atomic E-state index is 13.2. The van der Waals surface area contributed by atoms with Crippen LogP contribution in [0.3, 0.4) is 0 Å². The van der Waals surface area contributed by atoms with Crippen molar-refractivity contribution in [3.8, 4) is 5.88 Å². The Morgan fingerprint density at radius 3 is 2.71 bits per heavy atom. The van der Waals surface area contributed by atoms with Gasteiger partial charge < -0.3 is 9.64 Å². The molecule has 1 aliphatic rings. The number of anilines is 1. The molecule has 5 rings (SSSR count). The number of rotatable bonds is 3. The summed E-state index contributed by atoms with van der Waals surface area (Å²) in [7, 11) is 0. The van der Waals surface area contributed by atoms with Crippen molar-refractivity contribution in [2.24, 2.45) is 0 Å². The van der Waals surface area contributed by atoms with Crippen molar-refractivity contribution in [1.29, 1.82) is 0 Å². The highest BCUT2D eigenvalue weighted by molar-refractivity contribution is 6.33. The average molecular weight is 434 g/mol. The highest BCUT2D eigenvalue weighted by Crippen LogP contribution is 2.29. The summed E-state index contributed by atoms with van der Waals surface area (Å²) in [6, 6.07) is 14.8. The van der Waals surface area contributed by atoms with Gasteiger partial charge in [-0.3, -0.25) is 14.2 Å². The molecule has 0 spiro atoms. The predicted octanol–water partition coefficient (Wildman–Crippen LogP) is 2.93. The summed E-state index contributed by atoms with van der Waals surface area (Å²) in [5.74, 6) is -0.230. The van der Waals surface area contributed by atoms with E-state index in [1.54, 1.807) is 22.8 Å². The van der Waals surface area contributed by atoms with Gasteiger partial charge in [0.25, 0.3) is 11.5 Å². The van der Waals surface area contributed by atoms with Crippen LogP contribution >= 0.6 is 11.6 Å². The van der Waals surface area contributed by atoms with Crippen molar-refractivity contribution in [1.82, 2.24) is 19.5 Å². The number of nitrogens with zero attached hydrogens (tertiary/aromatic N) is 5. The summed E-state index contributed by atoms with van der Waals surface area (Å²) < 4.78 is 7.12. The quantitative estimate of drug-likeness (QED) is 0.461. The third-order valence-electron chi connectivity index (χ3n) is 5.09. The second-order valence-electron chi connectivity index (χ2n) is 7.01. The molecule has 4 aromatic rings. The molecule has 0 fully saturated rings. The molecule has 154 valence electrons. The minimum atomic E-state index is -0.383. The molecular formula is C22H16ClN5O3. The monoisotopic (exact) mass is 433 g/mol. The molecular weight excluding hydrogens is 418 g/mol. The zero-order valence-corrected chi connectivity index (χ0v) is 17.0. The first-order valence-corrected chi connectivity index (χ1v) is 9.98. The van der Waals surface area contributed by atoms with Crippen LogP contribution in [0.5, 0.6) is 5.88 Å². The molecule has 0 unspecified atom stereocenters. The van der Waals surface area contributed by atoms with Crippen molar-refractivity contribution in [2.45, 2.75) is 6.54 Å². The molecule has 0 N–H and O–H groups in total. The van der Waals surface area contributed by atoms with Crippen LogP contribution in [0, 0.1) is 0 Å². The maximum absolute atomic E-state index is 13.2. The molecule has 9 heteroatoms. The van der Waals surface area contributed by atoms with E-state index in [0.29, 0.717) is 23.1 Å². The Kier molecular flexibility index (Phi) is 4.83. The Morgan fingerprint density at radius 2 is 1.87 bits per heavy atom. The molecule has 3 heterocycles. The minimum absolute atomic E-state index is 0.0228. The summed E-state index contributed by atoms with van der Waals surface area (Å²) in [5, 5.41) is 0.444. The molecule has 0 saturated heterocycles. The van der Waals surface area contributed by atoms with Crippen LogP contribution in [-0.4, -0.2) is 38.6 Å². The standard InChI is InChI=1S/C22H16ClN5O3/c23-19-18-20(25-12-24-19)31-9-8-28(22(18)30)15-6-7-17-16(10-15)21(29)27(13-26-17)11-14-4-2-1-3-5-14/h1-7,10,12-13H,8-9,11H2. The second-order valence-corrected chi connectivity index (χ2v) is 7.37. The molecule has 0 saturated carbocycles. The van der Waals surface area contributed by atoms with Crippen LogP contribution in [0.25, 0.3) is 10.9 Å². The molecule has 8 nitrogen and oxygen atoms in total. The van der Waals surface area contributed by atoms with Gasteiger partial charge in [-0.1, -0.05) is 41.9 Å². The molecule has 1 amide bonds. The Balaban J connectivity index is 1.56. The van der Waals surface area contributed by atoms with Gasteiger partial charge in [-0.2, -0.15) is 0 Å². The smallest absolute Gasteiger partial charge is 0.267 e. The van der Waals surface area contributed by atoms with Gasteiger partial charge in [-0.05, 0) is 23.8 Å². The number of carbonyl (C=O) groups is 1. The summed E-state index contributed by atoms with van der Waals surface area (Å²) in [6.07, 6.45) is 2.79. The van der Waals surface area contributed by atoms with Gasteiger partial charge in [-0.15, -0.1) is 0 Å². The Bertz CT molecular complexity index is 1360.